The summed E-state index contributed by atoms with van der Waals surface area (Å²) in [6, 6.07) is 17.8. The van der Waals surface area contributed by atoms with Crippen LogP contribution in [0.4, 0.5) is 21.6 Å². The molecule has 1 amide bonds. The molecule has 0 aliphatic heterocycles. The minimum Gasteiger partial charge on any atom is -0.354 e. The van der Waals surface area contributed by atoms with Gasteiger partial charge in [0.25, 0.3) is 0 Å². The van der Waals surface area contributed by atoms with E-state index in [1.54, 1.807) is 30.5 Å². The number of aromatic nitrogens is 1. The Morgan fingerprint density at radius 2 is 1.72 bits per heavy atom. The fourth-order valence-electron chi connectivity index (χ4n) is 2.35. The number of pyridine rings is 1. The standard InChI is InChI=1S/C20H18FN3O/c1-14-6-8-16(9-7-14)23-17-10-11-19(22-13-17)24-20(25)12-15-4-2-3-5-18(15)21/h2-11,13,23H,12H2,1H3,(H,22,24,25). The normalized spacial score (nSPS) is 10.3. The number of hydrogen-bond donors (Lipinski definition) is 2. The molecule has 126 valence electrons. The summed E-state index contributed by atoms with van der Waals surface area (Å²) in [5.74, 6) is -0.268. The Hall–Kier alpha value is -3.21. The van der Waals surface area contributed by atoms with Gasteiger partial charge in [-0.2, -0.15) is 0 Å². The van der Waals surface area contributed by atoms with Crippen LogP contribution < -0.4 is 10.6 Å². The van der Waals surface area contributed by atoms with Crippen molar-refractivity contribution in [1.29, 1.82) is 0 Å². The molecule has 5 heteroatoms. The van der Waals surface area contributed by atoms with Gasteiger partial charge in [-0.15, -0.1) is 0 Å². The maximum atomic E-state index is 13.6. The molecule has 0 saturated heterocycles. The van der Waals surface area contributed by atoms with E-state index in [0.717, 1.165) is 11.4 Å². The maximum Gasteiger partial charge on any atom is 0.230 e. The molecule has 1 heterocycles. The first-order valence-corrected chi connectivity index (χ1v) is 7.93. The van der Waals surface area contributed by atoms with Crippen molar-refractivity contribution < 1.29 is 9.18 Å². The smallest absolute Gasteiger partial charge is 0.230 e. The minimum atomic E-state index is -0.386. The Bertz CT molecular complexity index is 861. The first-order valence-electron chi connectivity index (χ1n) is 7.93. The van der Waals surface area contributed by atoms with Crippen LogP contribution in [0.5, 0.6) is 0 Å². The number of carbonyl (C=O) groups is 1. The van der Waals surface area contributed by atoms with E-state index in [9.17, 15) is 9.18 Å². The van der Waals surface area contributed by atoms with Crippen molar-refractivity contribution in [2.24, 2.45) is 0 Å². The molecule has 0 aliphatic rings. The lowest BCUT2D eigenvalue weighted by Crippen LogP contribution is -2.16. The van der Waals surface area contributed by atoms with Crippen molar-refractivity contribution in [3.05, 3.63) is 83.8 Å². The maximum absolute atomic E-state index is 13.6. The Morgan fingerprint density at radius 3 is 2.40 bits per heavy atom. The predicted molar refractivity (Wildman–Crippen MR) is 97.4 cm³/mol. The number of rotatable bonds is 5. The van der Waals surface area contributed by atoms with Gasteiger partial charge in [-0.05, 0) is 42.8 Å². The molecule has 0 saturated carbocycles. The van der Waals surface area contributed by atoms with E-state index in [4.69, 9.17) is 0 Å². The summed E-state index contributed by atoms with van der Waals surface area (Å²) >= 11 is 0. The monoisotopic (exact) mass is 335 g/mol. The number of nitrogens with one attached hydrogen (secondary N) is 2. The largest absolute Gasteiger partial charge is 0.354 e. The number of hydrogen-bond acceptors (Lipinski definition) is 3. The lowest BCUT2D eigenvalue weighted by Gasteiger charge is -2.08. The lowest BCUT2D eigenvalue weighted by molar-refractivity contribution is -0.115. The van der Waals surface area contributed by atoms with Crippen LogP contribution in [0.3, 0.4) is 0 Å². The summed E-state index contributed by atoms with van der Waals surface area (Å²) in [5.41, 5.74) is 3.33. The number of aryl methyl sites for hydroxylation is 1. The number of benzene rings is 2. The number of halogens is 1. The summed E-state index contributed by atoms with van der Waals surface area (Å²) in [6.45, 7) is 2.03. The Labute approximate surface area is 145 Å². The van der Waals surface area contributed by atoms with Crippen LogP contribution in [0.2, 0.25) is 0 Å². The van der Waals surface area contributed by atoms with Crippen LogP contribution in [-0.2, 0) is 11.2 Å². The third-order valence-corrected chi connectivity index (χ3v) is 3.68. The topological polar surface area (TPSA) is 54.0 Å². The summed E-state index contributed by atoms with van der Waals surface area (Å²) in [6.07, 6.45) is 1.61. The summed E-state index contributed by atoms with van der Waals surface area (Å²) in [7, 11) is 0. The lowest BCUT2D eigenvalue weighted by atomic mass is 10.1. The summed E-state index contributed by atoms with van der Waals surface area (Å²) in [4.78, 5) is 16.2. The van der Waals surface area contributed by atoms with Gasteiger partial charge in [0.2, 0.25) is 5.91 Å². The molecule has 0 atom stereocenters. The van der Waals surface area contributed by atoms with E-state index in [1.807, 2.05) is 37.3 Å². The number of anilines is 3. The molecule has 25 heavy (non-hydrogen) atoms. The molecule has 1 aromatic heterocycles. The van der Waals surface area contributed by atoms with Crippen molar-refractivity contribution in [1.82, 2.24) is 4.98 Å². The van der Waals surface area contributed by atoms with Gasteiger partial charge in [0.05, 0.1) is 18.3 Å². The highest BCUT2D eigenvalue weighted by Gasteiger charge is 2.08. The van der Waals surface area contributed by atoms with Gasteiger partial charge in [-0.1, -0.05) is 35.9 Å². The zero-order chi connectivity index (χ0) is 17.6. The third-order valence-electron chi connectivity index (χ3n) is 3.68. The zero-order valence-corrected chi connectivity index (χ0v) is 13.8. The fraction of sp³-hybridized carbons (Fsp3) is 0.100. The molecule has 0 bridgehead atoms. The van der Waals surface area contributed by atoms with Gasteiger partial charge in [-0.25, -0.2) is 9.37 Å². The second kappa shape index (κ2) is 7.57. The van der Waals surface area contributed by atoms with E-state index < -0.39 is 0 Å². The SMILES string of the molecule is Cc1ccc(Nc2ccc(NC(=O)Cc3ccccc3F)nc2)cc1. The van der Waals surface area contributed by atoms with Crippen LogP contribution in [-0.4, -0.2) is 10.9 Å². The van der Waals surface area contributed by atoms with E-state index in [2.05, 4.69) is 15.6 Å². The second-order valence-electron chi connectivity index (χ2n) is 5.74. The van der Waals surface area contributed by atoms with Gasteiger partial charge in [0.1, 0.15) is 11.6 Å². The van der Waals surface area contributed by atoms with Crippen LogP contribution in [0, 0.1) is 12.7 Å². The number of nitrogens with zero attached hydrogens (tertiary/aromatic N) is 1. The third kappa shape index (κ3) is 4.64. The van der Waals surface area contributed by atoms with E-state index >= 15 is 0 Å². The first kappa shape index (κ1) is 16.6. The van der Waals surface area contributed by atoms with Crippen molar-refractivity contribution in [2.45, 2.75) is 13.3 Å². The highest BCUT2D eigenvalue weighted by Crippen LogP contribution is 2.17. The van der Waals surface area contributed by atoms with Crippen molar-refractivity contribution in [2.75, 3.05) is 10.6 Å². The Balaban J connectivity index is 1.59. The fourth-order valence-corrected chi connectivity index (χ4v) is 2.35. The molecule has 0 fully saturated rings. The highest BCUT2D eigenvalue weighted by atomic mass is 19.1. The average Bonchev–Trinajstić information content (AvgIpc) is 2.61. The van der Waals surface area contributed by atoms with Gasteiger partial charge < -0.3 is 10.6 Å². The minimum absolute atomic E-state index is 0.0300. The van der Waals surface area contributed by atoms with E-state index in [0.29, 0.717) is 11.4 Å². The summed E-state index contributed by atoms with van der Waals surface area (Å²) in [5, 5.41) is 5.91. The van der Waals surface area contributed by atoms with Gasteiger partial charge in [0, 0.05) is 5.69 Å². The molecule has 2 N–H and O–H groups in total. The zero-order valence-electron chi connectivity index (χ0n) is 13.8. The second-order valence-corrected chi connectivity index (χ2v) is 5.74. The predicted octanol–water partition coefficient (Wildman–Crippen LogP) is 4.45. The molecule has 2 aromatic carbocycles. The molecule has 0 aliphatic carbocycles. The van der Waals surface area contributed by atoms with Gasteiger partial charge >= 0.3 is 0 Å². The van der Waals surface area contributed by atoms with Crippen LogP contribution >= 0.6 is 0 Å². The molecule has 0 spiro atoms. The molecular weight excluding hydrogens is 317 g/mol. The van der Waals surface area contributed by atoms with Crippen molar-refractivity contribution in [3.63, 3.8) is 0 Å². The van der Waals surface area contributed by atoms with Crippen molar-refractivity contribution >= 4 is 23.1 Å². The molecule has 0 unspecified atom stereocenters. The molecule has 4 nitrogen and oxygen atoms in total. The first-order chi connectivity index (χ1) is 12.1. The Kier molecular flexibility index (Phi) is 5.04. The van der Waals surface area contributed by atoms with Gasteiger partial charge in [0.15, 0.2) is 0 Å². The van der Waals surface area contributed by atoms with E-state index in [-0.39, 0.29) is 18.1 Å². The highest BCUT2D eigenvalue weighted by molar-refractivity contribution is 5.91. The van der Waals surface area contributed by atoms with Gasteiger partial charge in [-0.3, -0.25) is 4.79 Å². The number of carbonyl (C=O) groups excluding carboxylic acids is 1. The summed E-state index contributed by atoms with van der Waals surface area (Å²) < 4.78 is 13.6. The molecule has 0 radical (unpaired) electrons. The molecular formula is C20H18FN3O. The van der Waals surface area contributed by atoms with Crippen LogP contribution in [0.25, 0.3) is 0 Å². The van der Waals surface area contributed by atoms with Crippen LogP contribution in [0.1, 0.15) is 11.1 Å². The number of amides is 1. The molecule has 3 rings (SSSR count). The Morgan fingerprint density at radius 1 is 1.00 bits per heavy atom. The van der Waals surface area contributed by atoms with Crippen molar-refractivity contribution in [3.8, 4) is 0 Å². The van der Waals surface area contributed by atoms with E-state index in [1.165, 1.54) is 11.6 Å². The molecule has 3 aromatic rings. The van der Waals surface area contributed by atoms with Crippen LogP contribution in [0.15, 0.2) is 66.9 Å². The quantitative estimate of drug-likeness (QED) is 0.724. The average molecular weight is 335 g/mol.